The van der Waals surface area contributed by atoms with Crippen LogP contribution in [-0.4, -0.2) is 30.2 Å². The van der Waals surface area contributed by atoms with Gasteiger partial charge in [-0.15, -0.1) is 0 Å². The number of hydrogen-bond acceptors (Lipinski definition) is 6. The van der Waals surface area contributed by atoms with Crippen molar-refractivity contribution in [3.05, 3.63) is 40.1 Å². The summed E-state index contributed by atoms with van der Waals surface area (Å²) in [5, 5.41) is 0. The predicted octanol–water partition coefficient (Wildman–Crippen LogP) is 4.44. The molecule has 5 rings (SSSR count). The van der Waals surface area contributed by atoms with Crippen molar-refractivity contribution in [2.75, 3.05) is 30.8 Å². The standard InChI is InChI=1S/C23H27F3N4O2/c1-12-5-15(27)7-16(20(12)23(24,25)26)19-8-18-17(11-32-19)21(29-22(28-18)31-2)30-9-13-3-4-14(6-13)10-30/h5,7,13-14,19H,3-4,6,8-11,27H2,1-2H3. The van der Waals surface area contributed by atoms with Crippen molar-refractivity contribution in [1.29, 1.82) is 0 Å². The van der Waals surface area contributed by atoms with Gasteiger partial charge in [0.25, 0.3) is 0 Å². The fourth-order valence-electron chi connectivity index (χ4n) is 5.65. The molecule has 172 valence electrons. The Morgan fingerprint density at radius 2 is 1.88 bits per heavy atom. The molecule has 3 aliphatic rings. The molecule has 2 aliphatic heterocycles. The quantitative estimate of drug-likeness (QED) is 0.700. The highest BCUT2D eigenvalue weighted by Gasteiger charge is 2.40. The van der Waals surface area contributed by atoms with Gasteiger partial charge in [0.1, 0.15) is 5.82 Å². The Labute approximate surface area is 184 Å². The van der Waals surface area contributed by atoms with E-state index in [9.17, 15) is 13.2 Å². The molecule has 32 heavy (non-hydrogen) atoms. The molecule has 0 radical (unpaired) electrons. The first-order valence-corrected chi connectivity index (χ1v) is 11.0. The van der Waals surface area contributed by atoms with Crippen LogP contribution < -0.4 is 15.4 Å². The number of nitrogen functional groups attached to an aromatic ring is 1. The van der Waals surface area contributed by atoms with Crippen LogP contribution >= 0.6 is 0 Å². The number of fused-ring (bicyclic) bond motifs is 3. The maximum Gasteiger partial charge on any atom is 0.417 e. The van der Waals surface area contributed by atoms with E-state index in [0.717, 1.165) is 24.5 Å². The summed E-state index contributed by atoms with van der Waals surface area (Å²) in [4.78, 5) is 11.4. The third-order valence-corrected chi connectivity index (χ3v) is 6.97. The van der Waals surface area contributed by atoms with Crippen LogP contribution in [0.5, 0.6) is 6.01 Å². The monoisotopic (exact) mass is 448 g/mol. The molecule has 0 spiro atoms. The minimum Gasteiger partial charge on any atom is -0.467 e. The molecule has 1 aromatic carbocycles. The van der Waals surface area contributed by atoms with Gasteiger partial charge in [-0.05, 0) is 61.3 Å². The lowest BCUT2D eigenvalue weighted by Gasteiger charge is -2.36. The Bertz CT molecular complexity index is 1030. The first kappa shape index (κ1) is 21.3. The van der Waals surface area contributed by atoms with Crippen molar-refractivity contribution in [1.82, 2.24) is 9.97 Å². The highest BCUT2D eigenvalue weighted by molar-refractivity contribution is 5.54. The fourth-order valence-corrected chi connectivity index (χ4v) is 5.65. The highest BCUT2D eigenvalue weighted by Crippen LogP contribution is 2.44. The second kappa shape index (κ2) is 7.79. The number of anilines is 2. The Morgan fingerprint density at radius 3 is 2.53 bits per heavy atom. The minimum atomic E-state index is -4.50. The lowest BCUT2D eigenvalue weighted by Crippen LogP contribution is -2.38. The summed E-state index contributed by atoms with van der Waals surface area (Å²) in [5.41, 5.74) is 7.15. The number of aromatic nitrogens is 2. The third-order valence-electron chi connectivity index (χ3n) is 6.97. The number of methoxy groups -OCH3 is 1. The van der Waals surface area contributed by atoms with Gasteiger partial charge in [-0.1, -0.05) is 0 Å². The van der Waals surface area contributed by atoms with E-state index >= 15 is 0 Å². The number of nitrogens with two attached hydrogens (primary N) is 1. The van der Waals surface area contributed by atoms with Crippen molar-refractivity contribution >= 4 is 11.5 Å². The molecular weight excluding hydrogens is 421 g/mol. The smallest absolute Gasteiger partial charge is 0.417 e. The zero-order valence-electron chi connectivity index (χ0n) is 18.2. The summed E-state index contributed by atoms with van der Waals surface area (Å²) >= 11 is 0. The van der Waals surface area contributed by atoms with Crippen LogP contribution in [0.4, 0.5) is 24.7 Å². The Balaban J connectivity index is 1.52. The molecule has 9 heteroatoms. The minimum absolute atomic E-state index is 0.0517. The lowest BCUT2D eigenvalue weighted by molar-refractivity contribution is -0.140. The second-order valence-corrected chi connectivity index (χ2v) is 9.21. The van der Waals surface area contributed by atoms with E-state index < -0.39 is 17.8 Å². The van der Waals surface area contributed by atoms with E-state index in [1.807, 2.05) is 0 Å². The molecular formula is C23H27F3N4O2. The van der Waals surface area contributed by atoms with E-state index in [1.54, 1.807) is 0 Å². The number of benzene rings is 1. The summed E-state index contributed by atoms with van der Waals surface area (Å²) in [7, 11) is 1.51. The predicted molar refractivity (Wildman–Crippen MR) is 113 cm³/mol. The average Bonchev–Trinajstić information content (AvgIpc) is 3.08. The van der Waals surface area contributed by atoms with Gasteiger partial charge >= 0.3 is 12.2 Å². The average molecular weight is 448 g/mol. The first-order valence-electron chi connectivity index (χ1n) is 11.0. The molecule has 2 N–H and O–H groups in total. The molecule has 2 aromatic rings. The van der Waals surface area contributed by atoms with Gasteiger partial charge in [-0.25, -0.2) is 0 Å². The van der Waals surface area contributed by atoms with Crippen LogP contribution in [0.1, 0.15) is 53.3 Å². The summed E-state index contributed by atoms with van der Waals surface area (Å²) in [6.45, 7) is 3.43. The normalized spacial score (nSPS) is 25.0. The van der Waals surface area contributed by atoms with Crippen LogP contribution in [0.15, 0.2) is 12.1 Å². The van der Waals surface area contributed by atoms with Gasteiger partial charge in [0, 0.05) is 30.8 Å². The van der Waals surface area contributed by atoms with E-state index in [2.05, 4.69) is 14.9 Å². The molecule has 1 saturated carbocycles. The van der Waals surface area contributed by atoms with E-state index in [-0.39, 0.29) is 35.9 Å². The van der Waals surface area contributed by atoms with Gasteiger partial charge in [0.05, 0.1) is 31.1 Å². The number of alkyl halides is 3. The molecule has 0 amide bonds. The van der Waals surface area contributed by atoms with Gasteiger partial charge < -0.3 is 20.1 Å². The molecule has 3 unspecified atom stereocenters. The maximum atomic E-state index is 13.8. The van der Waals surface area contributed by atoms with Gasteiger partial charge in [0.2, 0.25) is 0 Å². The first-order chi connectivity index (χ1) is 15.2. The van der Waals surface area contributed by atoms with Crippen LogP contribution in [0.2, 0.25) is 0 Å². The molecule has 1 aliphatic carbocycles. The maximum absolute atomic E-state index is 13.8. The van der Waals surface area contributed by atoms with Crippen LogP contribution in [0.25, 0.3) is 0 Å². The number of nitrogens with zero attached hydrogens (tertiary/aromatic N) is 3. The largest absolute Gasteiger partial charge is 0.467 e. The Kier molecular flexibility index (Phi) is 5.19. The third kappa shape index (κ3) is 3.76. The van der Waals surface area contributed by atoms with Crippen molar-refractivity contribution in [2.45, 2.75) is 51.5 Å². The summed E-state index contributed by atoms with van der Waals surface area (Å²) in [6.07, 6.45) is -1.37. The molecule has 2 fully saturated rings. The number of hydrogen-bond donors (Lipinski definition) is 1. The van der Waals surface area contributed by atoms with Crippen LogP contribution in [0, 0.1) is 18.8 Å². The van der Waals surface area contributed by atoms with Crippen molar-refractivity contribution < 1.29 is 22.6 Å². The van der Waals surface area contributed by atoms with E-state index in [0.29, 0.717) is 17.5 Å². The Hall–Kier alpha value is -2.55. The van der Waals surface area contributed by atoms with Gasteiger partial charge in [-0.2, -0.15) is 23.1 Å². The zero-order valence-corrected chi connectivity index (χ0v) is 18.2. The van der Waals surface area contributed by atoms with Crippen LogP contribution in [-0.2, 0) is 23.9 Å². The molecule has 1 saturated heterocycles. The number of rotatable bonds is 3. The lowest BCUT2D eigenvalue weighted by atomic mass is 9.91. The van der Waals surface area contributed by atoms with Crippen molar-refractivity contribution in [3.8, 4) is 6.01 Å². The number of piperidine rings is 1. The van der Waals surface area contributed by atoms with Gasteiger partial charge in [0.15, 0.2) is 0 Å². The van der Waals surface area contributed by atoms with E-state index in [4.69, 9.17) is 15.2 Å². The van der Waals surface area contributed by atoms with Crippen molar-refractivity contribution in [3.63, 3.8) is 0 Å². The molecule has 2 bridgehead atoms. The fraction of sp³-hybridized carbons (Fsp3) is 0.565. The zero-order chi connectivity index (χ0) is 22.6. The highest BCUT2D eigenvalue weighted by atomic mass is 19.4. The number of halogens is 3. The summed E-state index contributed by atoms with van der Waals surface area (Å²) < 4.78 is 52.9. The molecule has 6 nitrogen and oxygen atoms in total. The summed E-state index contributed by atoms with van der Waals surface area (Å²) in [6, 6.07) is 2.95. The summed E-state index contributed by atoms with van der Waals surface area (Å²) in [5.74, 6) is 2.11. The molecule has 3 atom stereocenters. The van der Waals surface area contributed by atoms with E-state index in [1.165, 1.54) is 45.4 Å². The topological polar surface area (TPSA) is 73.5 Å². The molecule has 1 aromatic heterocycles. The Morgan fingerprint density at radius 1 is 1.16 bits per heavy atom. The van der Waals surface area contributed by atoms with Crippen LogP contribution in [0.3, 0.4) is 0 Å². The van der Waals surface area contributed by atoms with Crippen molar-refractivity contribution in [2.24, 2.45) is 11.8 Å². The second-order valence-electron chi connectivity index (χ2n) is 9.21. The SMILES string of the molecule is COc1nc2c(c(N3CC4CCC(C4)C3)n1)COC(c1cc(N)cc(C)c1C(F)(F)F)C2. The number of ether oxygens (including phenoxy) is 2. The molecule has 3 heterocycles. The number of aryl methyl sites for hydroxylation is 1. The van der Waals surface area contributed by atoms with Gasteiger partial charge in [-0.3, -0.25) is 0 Å².